The topological polar surface area (TPSA) is 73.1 Å². The van der Waals surface area contributed by atoms with E-state index in [4.69, 9.17) is 10.5 Å². The number of ether oxygens (including phenoxy) is 1. The summed E-state index contributed by atoms with van der Waals surface area (Å²) in [6.07, 6.45) is 3.49. The standard InChI is InChI=1S/C13H20N4O/c1-8(10-4-5-18-7-10)15-12-6-11(14)16-13(17-12)9-2-3-9/h6,8-10H,2-5,7H2,1H3,(H3,14,15,16,17). The van der Waals surface area contributed by atoms with E-state index in [1.165, 1.54) is 12.8 Å². The Labute approximate surface area is 107 Å². The molecular weight excluding hydrogens is 228 g/mol. The van der Waals surface area contributed by atoms with Crippen molar-refractivity contribution in [1.82, 2.24) is 9.97 Å². The lowest BCUT2D eigenvalue weighted by Crippen LogP contribution is -2.26. The van der Waals surface area contributed by atoms with Crippen LogP contribution >= 0.6 is 0 Å². The van der Waals surface area contributed by atoms with E-state index in [9.17, 15) is 0 Å². The van der Waals surface area contributed by atoms with Crippen molar-refractivity contribution in [3.8, 4) is 0 Å². The van der Waals surface area contributed by atoms with E-state index in [1.807, 2.05) is 6.07 Å². The molecule has 3 N–H and O–H groups in total. The van der Waals surface area contributed by atoms with Crippen LogP contribution in [0.4, 0.5) is 11.6 Å². The molecule has 0 aromatic carbocycles. The zero-order valence-electron chi connectivity index (χ0n) is 10.7. The molecule has 5 nitrogen and oxygen atoms in total. The summed E-state index contributed by atoms with van der Waals surface area (Å²) in [5.74, 6) is 3.39. The Bertz CT molecular complexity index is 427. The number of nitrogens with one attached hydrogen (secondary N) is 1. The van der Waals surface area contributed by atoms with Gasteiger partial charge in [0.05, 0.1) is 6.61 Å². The number of anilines is 2. The maximum atomic E-state index is 5.84. The number of hydrogen-bond donors (Lipinski definition) is 2. The van der Waals surface area contributed by atoms with Crippen LogP contribution in [0.25, 0.3) is 0 Å². The first kappa shape index (κ1) is 11.7. The SMILES string of the molecule is CC(Nc1cc(N)nc(C2CC2)n1)C1CCOC1. The molecule has 0 radical (unpaired) electrons. The maximum Gasteiger partial charge on any atom is 0.136 e. The summed E-state index contributed by atoms with van der Waals surface area (Å²) in [6.45, 7) is 3.88. The molecule has 1 aliphatic carbocycles. The molecule has 18 heavy (non-hydrogen) atoms. The van der Waals surface area contributed by atoms with Crippen LogP contribution in [0.15, 0.2) is 6.07 Å². The van der Waals surface area contributed by atoms with Gasteiger partial charge in [0.15, 0.2) is 0 Å². The Hall–Kier alpha value is -1.36. The zero-order valence-corrected chi connectivity index (χ0v) is 10.7. The molecule has 3 rings (SSSR count). The molecule has 2 unspecified atom stereocenters. The lowest BCUT2D eigenvalue weighted by molar-refractivity contribution is 0.183. The molecule has 5 heteroatoms. The summed E-state index contributed by atoms with van der Waals surface area (Å²) in [5, 5.41) is 3.44. The third-order valence-corrected chi connectivity index (χ3v) is 3.75. The van der Waals surface area contributed by atoms with E-state index in [0.29, 0.717) is 23.7 Å². The minimum atomic E-state index is 0.355. The molecule has 98 valence electrons. The zero-order chi connectivity index (χ0) is 12.5. The second kappa shape index (κ2) is 4.72. The van der Waals surface area contributed by atoms with Crippen molar-refractivity contribution in [3.63, 3.8) is 0 Å². The van der Waals surface area contributed by atoms with Gasteiger partial charge in [-0.3, -0.25) is 0 Å². The van der Waals surface area contributed by atoms with E-state index in [0.717, 1.165) is 31.3 Å². The van der Waals surface area contributed by atoms with Crippen molar-refractivity contribution in [3.05, 3.63) is 11.9 Å². The van der Waals surface area contributed by atoms with Crippen molar-refractivity contribution < 1.29 is 4.74 Å². The van der Waals surface area contributed by atoms with Crippen molar-refractivity contribution >= 4 is 11.6 Å². The van der Waals surface area contributed by atoms with Crippen LogP contribution in [0.3, 0.4) is 0 Å². The Morgan fingerprint density at radius 1 is 1.39 bits per heavy atom. The first-order chi connectivity index (χ1) is 8.72. The molecule has 1 saturated heterocycles. The van der Waals surface area contributed by atoms with Crippen molar-refractivity contribution in [1.29, 1.82) is 0 Å². The van der Waals surface area contributed by atoms with E-state index < -0.39 is 0 Å². The van der Waals surface area contributed by atoms with Gasteiger partial charge in [-0.1, -0.05) is 0 Å². The van der Waals surface area contributed by atoms with E-state index >= 15 is 0 Å². The lowest BCUT2D eigenvalue weighted by Gasteiger charge is -2.20. The van der Waals surface area contributed by atoms with Crippen molar-refractivity contribution in [2.24, 2.45) is 5.92 Å². The van der Waals surface area contributed by atoms with E-state index in [1.54, 1.807) is 0 Å². The minimum absolute atomic E-state index is 0.355. The van der Waals surface area contributed by atoms with Gasteiger partial charge in [-0.2, -0.15) is 0 Å². The highest BCUT2D eigenvalue weighted by Gasteiger charge is 2.28. The smallest absolute Gasteiger partial charge is 0.136 e. The molecule has 1 saturated carbocycles. The highest BCUT2D eigenvalue weighted by molar-refractivity contribution is 5.46. The van der Waals surface area contributed by atoms with Crippen LogP contribution in [-0.2, 0) is 4.74 Å². The number of nitrogens with zero attached hydrogens (tertiary/aromatic N) is 2. The Kier molecular flexibility index (Phi) is 3.07. The first-order valence-corrected chi connectivity index (χ1v) is 6.71. The third kappa shape index (κ3) is 2.56. The predicted octanol–water partition coefficient (Wildman–Crippen LogP) is 1.77. The summed E-state index contributed by atoms with van der Waals surface area (Å²) >= 11 is 0. The van der Waals surface area contributed by atoms with Gasteiger partial charge < -0.3 is 15.8 Å². The van der Waals surface area contributed by atoms with Gasteiger partial charge in [0, 0.05) is 30.6 Å². The van der Waals surface area contributed by atoms with Crippen LogP contribution in [0.2, 0.25) is 0 Å². The Balaban J connectivity index is 1.70. The number of nitrogen functional groups attached to an aromatic ring is 1. The van der Waals surface area contributed by atoms with E-state index in [2.05, 4.69) is 22.2 Å². The second-order valence-corrected chi connectivity index (χ2v) is 5.37. The van der Waals surface area contributed by atoms with Gasteiger partial charge in [-0.05, 0) is 26.2 Å². The van der Waals surface area contributed by atoms with Crippen LogP contribution < -0.4 is 11.1 Å². The summed E-state index contributed by atoms with van der Waals surface area (Å²) in [4.78, 5) is 8.87. The van der Waals surface area contributed by atoms with Gasteiger partial charge in [-0.25, -0.2) is 9.97 Å². The minimum Gasteiger partial charge on any atom is -0.384 e. The largest absolute Gasteiger partial charge is 0.384 e. The van der Waals surface area contributed by atoms with E-state index in [-0.39, 0.29) is 0 Å². The second-order valence-electron chi connectivity index (χ2n) is 5.37. The lowest BCUT2D eigenvalue weighted by atomic mass is 10.0. The van der Waals surface area contributed by atoms with Gasteiger partial charge in [0.1, 0.15) is 17.5 Å². The predicted molar refractivity (Wildman–Crippen MR) is 70.4 cm³/mol. The maximum absolute atomic E-state index is 5.84. The van der Waals surface area contributed by atoms with Crippen LogP contribution in [0.1, 0.15) is 37.9 Å². The molecule has 2 fully saturated rings. The molecule has 1 aromatic rings. The highest BCUT2D eigenvalue weighted by atomic mass is 16.5. The molecule has 1 aliphatic heterocycles. The molecular formula is C13H20N4O. The summed E-state index contributed by atoms with van der Waals surface area (Å²) < 4.78 is 5.41. The quantitative estimate of drug-likeness (QED) is 0.849. The Morgan fingerprint density at radius 2 is 2.22 bits per heavy atom. The number of aromatic nitrogens is 2. The normalized spacial score (nSPS) is 25.1. The summed E-state index contributed by atoms with van der Waals surface area (Å²) in [7, 11) is 0. The molecule has 1 aromatic heterocycles. The molecule has 2 aliphatic rings. The van der Waals surface area contributed by atoms with Crippen LogP contribution in [-0.4, -0.2) is 29.2 Å². The van der Waals surface area contributed by atoms with Gasteiger partial charge in [0.2, 0.25) is 0 Å². The monoisotopic (exact) mass is 248 g/mol. The highest BCUT2D eigenvalue weighted by Crippen LogP contribution is 2.38. The van der Waals surface area contributed by atoms with Crippen LogP contribution in [0.5, 0.6) is 0 Å². The fraction of sp³-hybridized carbons (Fsp3) is 0.692. The number of rotatable bonds is 4. The van der Waals surface area contributed by atoms with Crippen molar-refractivity contribution in [2.45, 2.75) is 38.1 Å². The number of nitrogens with two attached hydrogens (primary N) is 1. The van der Waals surface area contributed by atoms with Gasteiger partial charge in [-0.15, -0.1) is 0 Å². The third-order valence-electron chi connectivity index (χ3n) is 3.75. The average Bonchev–Trinajstić information content (AvgIpc) is 3.03. The van der Waals surface area contributed by atoms with Gasteiger partial charge in [0.25, 0.3) is 0 Å². The fourth-order valence-corrected chi connectivity index (χ4v) is 2.38. The molecule has 2 atom stereocenters. The average molecular weight is 248 g/mol. The molecule has 0 bridgehead atoms. The van der Waals surface area contributed by atoms with Gasteiger partial charge >= 0.3 is 0 Å². The first-order valence-electron chi connectivity index (χ1n) is 6.71. The summed E-state index contributed by atoms with van der Waals surface area (Å²) in [5.41, 5.74) is 5.84. The number of hydrogen-bond acceptors (Lipinski definition) is 5. The Morgan fingerprint density at radius 3 is 2.89 bits per heavy atom. The van der Waals surface area contributed by atoms with Crippen molar-refractivity contribution in [2.75, 3.05) is 24.3 Å². The van der Waals surface area contributed by atoms with Crippen LogP contribution in [0, 0.1) is 5.92 Å². The fourth-order valence-electron chi connectivity index (χ4n) is 2.38. The molecule has 2 heterocycles. The molecule has 0 spiro atoms. The summed E-state index contributed by atoms with van der Waals surface area (Å²) in [6, 6.07) is 2.17. The molecule has 0 amide bonds.